The van der Waals surface area contributed by atoms with Gasteiger partial charge in [0.2, 0.25) is 0 Å². The van der Waals surface area contributed by atoms with Crippen molar-refractivity contribution in [1.29, 1.82) is 0 Å². The number of halogens is 2. The van der Waals surface area contributed by atoms with Gasteiger partial charge in [-0.3, -0.25) is 14.4 Å². The number of nitrogens with one attached hydrogen (secondary N) is 1. The van der Waals surface area contributed by atoms with Crippen LogP contribution in [0.5, 0.6) is 0 Å². The lowest BCUT2D eigenvalue weighted by atomic mass is 9.92. The van der Waals surface area contributed by atoms with Crippen molar-refractivity contribution in [2.75, 3.05) is 19.6 Å². The third-order valence-electron chi connectivity index (χ3n) is 6.68. The number of hydroxylamine groups is 2. The standard InChI is InChI=1S/C31H34F2N4O6/c1-31(2,3)42-30(41)43-36-11-9-20(10-12-36)14-26(38)18-34-29(40)22-6-4-5-21(13-22)19-37-28(39)8-7-27(35-37)23-15-24(32)17-25(33)16-23/h4-8,13,15-17,20H,9-12,14,18-19H2,1-3H3,(H,34,40). The Morgan fingerprint density at radius 2 is 1.70 bits per heavy atom. The molecule has 0 bridgehead atoms. The molecule has 1 aliphatic rings. The number of nitrogens with zero attached hydrogens (tertiary/aromatic N) is 3. The topological polar surface area (TPSA) is 120 Å². The summed E-state index contributed by atoms with van der Waals surface area (Å²) >= 11 is 0. The molecule has 4 rings (SSSR count). The second-order valence-electron chi connectivity index (χ2n) is 11.4. The van der Waals surface area contributed by atoms with E-state index in [-0.39, 0.29) is 36.0 Å². The lowest BCUT2D eigenvalue weighted by Gasteiger charge is -2.30. The zero-order chi connectivity index (χ0) is 31.1. The van der Waals surface area contributed by atoms with Gasteiger partial charge >= 0.3 is 6.16 Å². The molecule has 1 amide bonds. The number of carbonyl (C=O) groups is 3. The van der Waals surface area contributed by atoms with Crippen molar-refractivity contribution in [3.8, 4) is 11.3 Å². The Labute approximate surface area is 247 Å². The fourth-order valence-electron chi connectivity index (χ4n) is 4.66. The van der Waals surface area contributed by atoms with Gasteiger partial charge in [0.1, 0.15) is 17.2 Å². The van der Waals surface area contributed by atoms with Crippen molar-refractivity contribution < 1.29 is 32.7 Å². The maximum Gasteiger partial charge on any atom is 0.528 e. The number of benzene rings is 2. The molecule has 0 saturated carbocycles. The van der Waals surface area contributed by atoms with Crippen LogP contribution in [0.25, 0.3) is 11.3 Å². The van der Waals surface area contributed by atoms with Crippen LogP contribution in [0.2, 0.25) is 0 Å². The Hall–Kier alpha value is -4.45. The van der Waals surface area contributed by atoms with Gasteiger partial charge in [-0.05, 0) is 75.4 Å². The van der Waals surface area contributed by atoms with E-state index in [0.29, 0.717) is 43.5 Å². The van der Waals surface area contributed by atoms with Crippen molar-refractivity contribution in [2.45, 2.75) is 52.2 Å². The third-order valence-corrected chi connectivity index (χ3v) is 6.68. The molecule has 0 unspecified atom stereocenters. The summed E-state index contributed by atoms with van der Waals surface area (Å²) in [6, 6.07) is 12.2. The lowest BCUT2D eigenvalue weighted by molar-refractivity contribution is -0.156. The largest absolute Gasteiger partial charge is 0.528 e. The number of hydrogen-bond donors (Lipinski definition) is 1. The van der Waals surface area contributed by atoms with Crippen LogP contribution in [0.15, 0.2) is 59.4 Å². The molecule has 0 aliphatic carbocycles. The van der Waals surface area contributed by atoms with Crippen molar-refractivity contribution >= 4 is 17.8 Å². The number of rotatable bonds is 9. The molecule has 2 heterocycles. The van der Waals surface area contributed by atoms with Crippen molar-refractivity contribution in [1.82, 2.24) is 20.2 Å². The minimum absolute atomic E-state index is 0.0147. The maximum absolute atomic E-state index is 13.7. The smallest absolute Gasteiger partial charge is 0.427 e. The van der Waals surface area contributed by atoms with Crippen LogP contribution in [0.3, 0.4) is 0 Å². The predicted octanol–water partition coefficient (Wildman–Crippen LogP) is 4.50. The van der Waals surface area contributed by atoms with Gasteiger partial charge in [-0.25, -0.2) is 18.3 Å². The van der Waals surface area contributed by atoms with Gasteiger partial charge in [0, 0.05) is 42.8 Å². The first kappa shape index (κ1) is 31.5. The molecule has 1 aliphatic heterocycles. The molecular formula is C31H34F2N4O6. The second-order valence-corrected chi connectivity index (χ2v) is 11.4. The average Bonchev–Trinajstić information content (AvgIpc) is 2.92. The highest BCUT2D eigenvalue weighted by Gasteiger charge is 2.26. The Morgan fingerprint density at radius 1 is 1.00 bits per heavy atom. The summed E-state index contributed by atoms with van der Waals surface area (Å²) in [5.41, 5.74) is 0.217. The molecule has 10 nitrogen and oxygen atoms in total. The summed E-state index contributed by atoms with van der Waals surface area (Å²) in [4.78, 5) is 54.8. The van der Waals surface area contributed by atoms with Crippen LogP contribution < -0.4 is 10.9 Å². The van der Waals surface area contributed by atoms with Gasteiger partial charge in [0.25, 0.3) is 11.5 Å². The fraction of sp³-hybridized carbons (Fsp3) is 0.387. The predicted molar refractivity (Wildman–Crippen MR) is 153 cm³/mol. The Kier molecular flexibility index (Phi) is 10.0. The molecule has 12 heteroatoms. The highest BCUT2D eigenvalue weighted by Crippen LogP contribution is 2.22. The van der Waals surface area contributed by atoms with Gasteiger partial charge in [-0.2, -0.15) is 5.10 Å². The molecule has 1 N–H and O–H groups in total. The van der Waals surface area contributed by atoms with Crippen molar-refractivity contribution in [3.63, 3.8) is 0 Å². The van der Waals surface area contributed by atoms with E-state index in [1.54, 1.807) is 45.0 Å². The molecule has 228 valence electrons. The number of amides is 1. The van der Waals surface area contributed by atoms with E-state index in [2.05, 4.69) is 10.4 Å². The first-order valence-electron chi connectivity index (χ1n) is 13.9. The van der Waals surface area contributed by atoms with E-state index in [1.807, 2.05) is 0 Å². The van der Waals surface area contributed by atoms with Crippen LogP contribution in [0.4, 0.5) is 13.6 Å². The fourth-order valence-corrected chi connectivity index (χ4v) is 4.66. The first-order valence-corrected chi connectivity index (χ1v) is 13.9. The molecule has 43 heavy (non-hydrogen) atoms. The number of ketones is 1. The number of hydrogen-bond acceptors (Lipinski definition) is 8. The van der Waals surface area contributed by atoms with E-state index in [0.717, 1.165) is 22.9 Å². The Balaban J connectivity index is 1.27. The first-order chi connectivity index (χ1) is 20.3. The van der Waals surface area contributed by atoms with Crippen LogP contribution in [0.1, 0.15) is 56.0 Å². The minimum atomic E-state index is -0.762. The monoisotopic (exact) mass is 596 g/mol. The molecule has 0 radical (unpaired) electrons. The minimum Gasteiger partial charge on any atom is -0.427 e. The molecule has 1 saturated heterocycles. The molecule has 3 aromatic rings. The SMILES string of the molecule is CC(C)(C)OC(=O)ON1CCC(CC(=O)CNC(=O)c2cccc(Cn3nc(-c4cc(F)cc(F)c4)ccc3=O)c2)CC1. The quantitative estimate of drug-likeness (QED) is 0.359. The van der Waals surface area contributed by atoms with Crippen LogP contribution in [-0.2, 0) is 20.9 Å². The zero-order valence-corrected chi connectivity index (χ0v) is 24.3. The van der Waals surface area contributed by atoms with E-state index >= 15 is 0 Å². The number of ether oxygens (including phenoxy) is 1. The summed E-state index contributed by atoms with van der Waals surface area (Å²) < 4.78 is 33.6. The summed E-state index contributed by atoms with van der Waals surface area (Å²) in [7, 11) is 0. The van der Waals surface area contributed by atoms with Crippen molar-refractivity contribution in [3.05, 3.63) is 87.7 Å². The lowest BCUT2D eigenvalue weighted by Crippen LogP contribution is -2.38. The van der Waals surface area contributed by atoms with Gasteiger partial charge in [0.05, 0.1) is 18.8 Å². The number of aromatic nitrogens is 2. The molecule has 0 spiro atoms. The average molecular weight is 597 g/mol. The number of piperidine rings is 1. The molecular weight excluding hydrogens is 562 g/mol. The highest BCUT2D eigenvalue weighted by molar-refractivity contribution is 5.96. The van der Waals surface area contributed by atoms with Gasteiger partial charge in [-0.15, -0.1) is 5.06 Å². The van der Waals surface area contributed by atoms with E-state index < -0.39 is 34.9 Å². The molecule has 1 fully saturated rings. The van der Waals surface area contributed by atoms with Crippen molar-refractivity contribution in [2.24, 2.45) is 5.92 Å². The second kappa shape index (κ2) is 13.7. The molecule has 2 aromatic carbocycles. The van der Waals surface area contributed by atoms with Crippen LogP contribution in [0, 0.1) is 17.6 Å². The number of Topliss-reactive ketones (excluding diaryl/α,β-unsaturated/α-hetero) is 1. The molecule has 1 aromatic heterocycles. The normalized spacial score (nSPS) is 14.3. The van der Waals surface area contributed by atoms with E-state index in [4.69, 9.17) is 9.57 Å². The zero-order valence-electron chi connectivity index (χ0n) is 24.3. The molecule has 0 atom stereocenters. The maximum atomic E-state index is 13.7. The number of carbonyl (C=O) groups excluding carboxylic acids is 3. The summed E-state index contributed by atoms with van der Waals surface area (Å²) in [5, 5.41) is 8.42. The van der Waals surface area contributed by atoms with Gasteiger partial charge in [0.15, 0.2) is 5.78 Å². The van der Waals surface area contributed by atoms with Crippen LogP contribution >= 0.6 is 0 Å². The third kappa shape index (κ3) is 9.53. The van der Waals surface area contributed by atoms with E-state index in [1.165, 1.54) is 17.2 Å². The summed E-state index contributed by atoms with van der Waals surface area (Å²) in [6.45, 7) is 6.11. The Bertz CT molecular complexity index is 1520. The Morgan fingerprint density at radius 3 is 2.37 bits per heavy atom. The van der Waals surface area contributed by atoms with Gasteiger partial charge < -0.3 is 14.9 Å². The van der Waals surface area contributed by atoms with Gasteiger partial charge in [-0.1, -0.05) is 12.1 Å². The van der Waals surface area contributed by atoms with E-state index in [9.17, 15) is 28.0 Å². The summed E-state index contributed by atoms with van der Waals surface area (Å²) in [5.74, 6) is -1.97. The highest BCUT2D eigenvalue weighted by atomic mass is 19.1. The van der Waals surface area contributed by atoms with Crippen LogP contribution in [-0.4, -0.2) is 57.9 Å². The summed E-state index contributed by atoms with van der Waals surface area (Å²) in [6.07, 6.45) is 0.854.